The van der Waals surface area contributed by atoms with Gasteiger partial charge in [-0.3, -0.25) is 0 Å². The second kappa shape index (κ2) is 6.13. The smallest absolute Gasteiger partial charge is 0.334 e. The molecule has 5 nitrogen and oxygen atoms in total. The van der Waals surface area contributed by atoms with Crippen molar-refractivity contribution in [2.24, 2.45) is 11.3 Å². The molecule has 1 N–H and O–H groups in total. The standard InChI is InChI=1S/C20H26O5/c1-6-10(2)18(22)24-14-8-7-13-9-15-16(11(3)19(23)25-15)17(21)20(13,5)12(14)4/h6-7,12,14-15,17,21H,8-9H2,1-5H3/b10-6-/t12-,14-,15+,17+,20+/m0/s1. The van der Waals surface area contributed by atoms with E-state index in [4.69, 9.17) is 9.47 Å². The van der Waals surface area contributed by atoms with Crippen molar-refractivity contribution < 1.29 is 24.2 Å². The molecule has 0 spiro atoms. The Morgan fingerprint density at radius 3 is 2.80 bits per heavy atom. The highest BCUT2D eigenvalue weighted by molar-refractivity contribution is 5.92. The van der Waals surface area contributed by atoms with Gasteiger partial charge in [0.15, 0.2) is 0 Å². The number of hydrogen-bond donors (Lipinski definition) is 1. The Morgan fingerprint density at radius 1 is 1.48 bits per heavy atom. The highest BCUT2D eigenvalue weighted by Crippen LogP contribution is 2.55. The van der Waals surface area contributed by atoms with Gasteiger partial charge in [0, 0.05) is 40.9 Å². The van der Waals surface area contributed by atoms with Gasteiger partial charge in [0.2, 0.25) is 0 Å². The number of carbonyl (C=O) groups excluding carboxylic acids is 2. The Morgan fingerprint density at radius 2 is 2.16 bits per heavy atom. The minimum absolute atomic E-state index is 0.0759. The van der Waals surface area contributed by atoms with E-state index < -0.39 is 11.5 Å². The highest BCUT2D eigenvalue weighted by atomic mass is 16.6. The van der Waals surface area contributed by atoms with Crippen molar-refractivity contribution in [1.82, 2.24) is 0 Å². The summed E-state index contributed by atoms with van der Waals surface area (Å²) in [5.74, 6) is -0.743. The van der Waals surface area contributed by atoms with Crippen molar-refractivity contribution in [3.05, 3.63) is 34.4 Å². The number of hydrogen-bond acceptors (Lipinski definition) is 5. The number of allylic oxidation sites excluding steroid dienone is 1. The van der Waals surface area contributed by atoms with Crippen LogP contribution in [0.4, 0.5) is 0 Å². The average Bonchev–Trinajstić information content (AvgIpc) is 2.86. The lowest BCUT2D eigenvalue weighted by Gasteiger charge is -2.51. The average molecular weight is 346 g/mol. The first-order chi connectivity index (χ1) is 11.7. The lowest BCUT2D eigenvalue weighted by molar-refractivity contribution is -0.153. The van der Waals surface area contributed by atoms with Gasteiger partial charge in [-0.15, -0.1) is 0 Å². The Bertz CT molecular complexity index is 714. The minimum atomic E-state index is -0.816. The zero-order valence-corrected chi connectivity index (χ0v) is 15.5. The molecular weight excluding hydrogens is 320 g/mol. The third kappa shape index (κ3) is 2.56. The maximum atomic E-state index is 12.2. The number of aliphatic hydroxyl groups excluding tert-OH is 1. The summed E-state index contributed by atoms with van der Waals surface area (Å²) in [6.07, 6.45) is 3.51. The van der Waals surface area contributed by atoms with Gasteiger partial charge in [-0.1, -0.05) is 31.6 Å². The molecule has 2 aliphatic carbocycles. The molecular formula is C20H26O5. The van der Waals surface area contributed by atoms with Crippen LogP contribution in [-0.4, -0.2) is 35.4 Å². The van der Waals surface area contributed by atoms with Crippen LogP contribution in [0, 0.1) is 11.3 Å². The molecule has 0 saturated heterocycles. The van der Waals surface area contributed by atoms with Gasteiger partial charge >= 0.3 is 11.9 Å². The first kappa shape index (κ1) is 17.9. The van der Waals surface area contributed by atoms with Crippen molar-refractivity contribution in [3.8, 4) is 0 Å². The van der Waals surface area contributed by atoms with Gasteiger partial charge in [0.05, 0.1) is 6.10 Å². The summed E-state index contributed by atoms with van der Waals surface area (Å²) in [7, 11) is 0. The maximum absolute atomic E-state index is 12.2. The molecule has 0 amide bonds. The highest BCUT2D eigenvalue weighted by Gasteiger charge is 2.56. The molecule has 0 unspecified atom stereocenters. The van der Waals surface area contributed by atoms with Crippen LogP contribution in [0.3, 0.4) is 0 Å². The van der Waals surface area contributed by atoms with Crippen molar-refractivity contribution in [1.29, 1.82) is 0 Å². The molecule has 0 radical (unpaired) electrons. The Balaban J connectivity index is 1.93. The van der Waals surface area contributed by atoms with Crippen molar-refractivity contribution in [2.75, 3.05) is 0 Å². The van der Waals surface area contributed by atoms with E-state index in [1.54, 1.807) is 26.8 Å². The van der Waals surface area contributed by atoms with Gasteiger partial charge in [-0.2, -0.15) is 0 Å². The van der Waals surface area contributed by atoms with Crippen LogP contribution < -0.4 is 0 Å². The van der Waals surface area contributed by atoms with Crippen LogP contribution in [0.1, 0.15) is 47.5 Å². The Labute approximate surface area is 148 Å². The summed E-state index contributed by atoms with van der Waals surface area (Å²) < 4.78 is 11.1. The molecule has 5 heteroatoms. The van der Waals surface area contributed by atoms with E-state index in [0.717, 1.165) is 5.57 Å². The van der Waals surface area contributed by atoms with E-state index in [0.29, 0.717) is 29.6 Å². The number of esters is 2. The lowest BCUT2D eigenvalue weighted by Crippen LogP contribution is -2.53. The minimum Gasteiger partial charge on any atom is -0.458 e. The molecule has 0 aromatic rings. The van der Waals surface area contributed by atoms with Crippen molar-refractivity contribution in [2.45, 2.75) is 65.8 Å². The predicted molar refractivity (Wildman–Crippen MR) is 92.5 cm³/mol. The van der Waals surface area contributed by atoms with Gasteiger partial charge in [-0.25, -0.2) is 9.59 Å². The second-order valence-corrected chi connectivity index (χ2v) is 7.53. The maximum Gasteiger partial charge on any atom is 0.334 e. The number of aliphatic hydroxyl groups is 1. The zero-order valence-electron chi connectivity index (χ0n) is 15.5. The fourth-order valence-corrected chi connectivity index (χ4v) is 4.28. The normalized spacial score (nSPS) is 37.9. The number of fused-ring (bicyclic) bond motifs is 2. The molecule has 1 fully saturated rings. The monoisotopic (exact) mass is 346 g/mol. The summed E-state index contributed by atoms with van der Waals surface area (Å²) in [4.78, 5) is 24.1. The molecule has 0 aromatic heterocycles. The van der Waals surface area contributed by atoms with E-state index in [-0.39, 0.29) is 30.1 Å². The van der Waals surface area contributed by atoms with Gasteiger partial charge in [0.1, 0.15) is 12.2 Å². The lowest BCUT2D eigenvalue weighted by atomic mass is 9.56. The van der Waals surface area contributed by atoms with Gasteiger partial charge in [-0.05, 0) is 20.8 Å². The molecule has 0 bridgehead atoms. The van der Waals surface area contributed by atoms with Gasteiger partial charge in [0.25, 0.3) is 0 Å². The fourth-order valence-electron chi connectivity index (χ4n) is 4.28. The molecule has 1 heterocycles. The second-order valence-electron chi connectivity index (χ2n) is 7.53. The Kier molecular flexibility index (Phi) is 4.40. The number of rotatable bonds is 2. The number of ether oxygens (including phenoxy) is 2. The largest absolute Gasteiger partial charge is 0.458 e. The first-order valence-electron chi connectivity index (χ1n) is 8.84. The summed E-state index contributed by atoms with van der Waals surface area (Å²) in [6.45, 7) is 9.24. The molecule has 1 aliphatic heterocycles. The van der Waals surface area contributed by atoms with Crippen molar-refractivity contribution >= 4 is 11.9 Å². The van der Waals surface area contributed by atoms with E-state index in [1.807, 2.05) is 19.9 Å². The van der Waals surface area contributed by atoms with E-state index in [2.05, 4.69) is 0 Å². The quantitative estimate of drug-likeness (QED) is 0.473. The molecule has 25 heavy (non-hydrogen) atoms. The summed E-state index contributed by atoms with van der Waals surface area (Å²) in [6, 6.07) is 0. The van der Waals surface area contributed by atoms with E-state index in [1.165, 1.54) is 0 Å². The van der Waals surface area contributed by atoms with Gasteiger partial charge < -0.3 is 14.6 Å². The van der Waals surface area contributed by atoms with Crippen LogP contribution in [0.15, 0.2) is 34.4 Å². The third-order valence-corrected chi connectivity index (χ3v) is 6.41. The van der Waals surface area contributed by atoms with Crippen LogP contribution in [0.25, 0.3) is 0 Å². The number of carbonyl (C=O) groups is 2. The van der Waals surface area contributed by atoms with Crippen LogP contribution in [0.5, 0.6) is 0 Å². The molecule has 3 aliphatic rings. The molecule has 5 atom stereocenters. The summed E-state index contributed by atoms with van der Waals surface area (Å²) in [5, 5.41) is 11.1. The van der Waals surface area contributed by atoms with E-state index in [9.17, 15) is 14.7 Å². The van der Waals surface area contributed by atoms with Crippen molar-refractivity contribution in [3.63, 3.8) is 0 Å². The van der Waals surface area contributed by atoms with Crippen LogP contribution in [-0.2, 0) is 19.1 Å². The fraction of sp³-hybridized carbons (Fsp3) is 0.600. The predicted octanol–water partition coefficient (Wildman–Crippen LogP) is 2.84. The SMILES string of the molecule is C/C=C(/C)C(=O)O[C@H]1CC=C2C[C@H]3OC(=O)C(C)=C3[C@@H](O)[C@]2(C)[C@H]1C. The van der Waals surface area contributed by atoms with Crippen LogP contribution >= 0.6 is 0 Å². The zero-order chi connectivity index (χ0) is 18.5. The molecule has 136 valence electrons. The molecule has 0 aromatic carbocycles. The topological polar surface area (TPSA) is 72.8 Å². The molecule has 3 rings (SSSR count). The summed E-state index contributed by atoms with van der Waals surface area (Å²) >= 11 is 0. The Hall–Kier alpha value is -1.88. The van der Waals surface area contributed by atoms with Crippen LogP contribution in [0.2, 0.25) is 0 Å². The van der Waals surface area contributed by atoms with E-state index >= 15 is 0 Å². The molecule has 1 saturated carbocycles. The summed E-state index contributed by atoms with van der Waals surface area (Å²) in [5.41, 5.74) is 2.28. The first-order valence-corrected chi connectivity index (χ1v) is 8.84. The third-order valence-electron chi connectivity index (χ3n) is 6.41.